The average Bonchev–Trinajstić information content (AvgIpc) is 3.04. The molecule has 3 rings (SSSR count). The van der Waals surface area contributed by atoms with E-state index in [0.717, 1.165) is 11.3 Å². The van der Waals surface area contributed by atoms with E-state index in [1.807, 2.05) is 19.2 Å². The Kier molecular flexibility index (Phi) is 2.35. The number of hydrogen-bond donors (Lipinski definition) is 1. The number of nitrogens with zero attached hydrogens (tertiary/aromatic N) is 2. The third kappa shape index (κ3) is 2.16. The van der Waals surface area contributed by atoms with Crippen LogP contribution in [-0.4, -0.2) is 9.66 Å². The largest absolute Gasteiger partial charge is 0.290 e. The number of aromatic nitrogens is 2. The van der Waals surface area contributed by atoms with Crippen LogP contribution in [0.2, 0.25) is 0 Å². The number of hydrogen-bond acceptors (Lipinski definition) is 2. The van der Waals surface area contributed by atoms with Crippen molar-refractivity contribution in [3.63, 3.8) is 0 Å². The highest BCUT2D eigenvalue weighted by molar-refractivity contribution is 5.45. The van der Waals surface area contributed by atoms with Crippen LogP contribution in [0.1, 0.15) is 30.0 Å². The van der Waals surface area contributed by atoms with Crippen molar-refractivity contribution in [2.24, 2.45) is 0 Å². The fraction of sp³-hybridized carbons (Fsp3) is 0.308. The van der Waals surface area contributed by atoms with E-state index in [-0.39, 0.29) is 5.82 Å². The fourth-order valence-corrected chi connectivity index (χ4v) is 1.84. The zero-order valence-electron chi connectivity index (χ0n) is 9.65. The molecule has 1 aliphatic carbocycles. The molecule has 17 heavy (non-hydrogen) atoms. The van der Waals surface area contributed by atoms with E-state index < -0.39 is 0 Å². The van der Waals surface area contributed by atoms with Gasteiger partial charge in [0.25, 0.3) is 0 Å². The summed E-state index contributed by atoms with van der Waals surface area (Å²) in [5, 5.41) is 0. The highest BCUT2D eigenvalue weighted by Crippen LogP contribution is 2.38. The standard InChI is InChI=1S/C13H14FN3/c1-9-2-5-12(11(14)6-9)16-17-7-13(15-8-17)10-3-4-10/h2,5-8,10,16H,3-4H2,1H3. The lowest BCUT2D eigenvalue weighted by Crippen LogP contribution is -2.07. The van der Waals surface area contributed by atoms with Crippen molar-refractivity contribution in [1.82, 2.24) is 9.66 Å². The third-order valence-electron chi connectivity index (χ3n) is 2.97. The van der Waals surface area contributed by atoms with E-state index in [2.05, 4.69) is 10.4 Å². The summed E-state index contributed by atoms with van der Waals surface area (Å²) in [5.74, 6) is 0.368. The molecule has 1 fully saturated rings. The lowest BCUT2D eigenvalue weighted by Gasteiger charge is -2.08. The Morgan fingerprint density at radius 1 is 1.41 bits per heavy atom. The Labute approximate surface area is 99.3 Å². The first-order valence-electron chi connectivity index (χ1n) is 5.79. The van der Waals surface area contributed by atoms with Crippen LogP contribution in [0.15, 0.2) is 30.7 Å². The molecule has 0 saturated heterocycles. The summed E-state index contributed by atoms with van der Waals surface area (Å²) in [6.45, 7) is 1.87. The maximum Gasteiger partial charge on any atom is 0.148 e. The van der Waals surface area contributed by atoms with E-state index >= 15 is 0 Å². The molecule has 1 N–H and O–H groups in total. The number of aryl methyl sites for hydroxylation is 1. The van der Waals surface area contributed by atoms with Gasteiger partial charge in [-0.25, -0.2) is 9.37 Å². The monoisotopic (exact) mass is 231 g/mol. The van der Waals surface area contributed by atoms with Gasteiger partial charge in [0.15, 0.2) is 0 Å². The smallest absolute Gasteiger partial charge is 0.148 e. The summed E-state index contributed by atoms with van der Waals surface area (Å²) in [5.41, 5.74) is 5.45. The predicted octanol–water partition coefficient (Wildman–Crippen LogP) is 3.08. The molecule has 0 bridgehead atoms. The molecule has 0 aliphatic heterocycles. The van der Waals surface area contributed by atoms with Crippen LogP contribution >= 0.6 is 0 Å². The van der Waals surface area contributed by atoms with Crippen molar-refractivity contribution in [2.75, 3.05) is 5.43 Å². The fourth-order valence-electron chi connectivity index (χ4n) is 1.84. The molecule has 1 aromatic heterocycles. The number of imidazole rings is 1. The molecule has 4 heteroatoms. The Bertz CT molecular complexity index is 543. The van der Waals surface area contributed by atoms with E-state index in [0.29, 0.717) is 11.6 Å². The summed E-state index contributed by atoms with van der Waals surface area (Å²) < 4.78 is 15.3. The van der Waals surface area contributed by atoms with Crippen LogP contribution in [0.3, 0.4) is 0 Å². The Morgan fingerprint density at radius 3 is 2.94 bits per heavy atom. The van der Waals surface area contributed by atoms with Gasteiger partial charge in [-0.05, 0) is 37.5 Å². The summed E-state index contributed by atoms with van der Waals surface area (Å²) in [4.78, 5) is 4.30. The first-order chi connectivity index (χ1) is 8.22. The lowest BCUT2D eigenvalue weighted by molar-refractivity contribution is 0.627. The highest BCUT2D eigenvalue weighted by Gasteiger charge is 2.25. The molecule has 0 unspecified atom stereocenters. The SMILES string of the molecule is Cc1ccc(Nn2cnc(C3CC3)c2)c(F)c1. The van der Waals surface area contributed by atoms with Crippen LogP contribution in [0.4, 0.5) is 10.1 Å². The van der Waals surface area contributed by atoms with Crippen LogP contribution in [0.25, 0.3) is 0 Å². The molecule has 0 amide bonds. The van der Waals surface area contributed by atoms with Gasteiger partial charge in [-0.1, -0.05) is 6.07 Å². The average molecular weight is 231 g/mol. The van der Waals surface area contributed by atoms with Gasteiger partial charge >= 0.3 is 0 Å². The molecule has 0 radical (unpaired) electrons. The summed E-state index contributed by atoms with van der Waals surface area (Å²) in [6, 6.07) is 5.13. The second-order valence-electron chi connectivity index (χ2n) is 4.58. The van der Waals surface area contributed by atoms with Gasteiger partial charge in [0.2, 0.25) is 0 Å². The number of rotatable bonds is 3. The minimum atomic E-state index is -0.244. The minimum Gasteiger partial charge on any atom is -0.290 e. The molecule has 1 heterocycles. The van der Waals surface area contributed by atoms with Crippen molar-refractivity contribution in [3.8, 4) is 0 Å². The van der Waals surface area contributed by atoms with Crippen molar-refractivity contribution >= 4 is 5.69 Å². The molecular weight excluding hydrogens is 217 g/mol. The summed E-state index contributed by atoms with van der Waals surface area (Å²) >= 11 is 0. The first kappa shape index (κ1) is 10.3. The number of anilines is 1. The van der Waals surface area contributed by atoms with Crippen molar-refractivity contribution < 1.29 is 4.39 Å². The quantitative estimate of drug-likeness (QED) is 0.879. The maximum atomic E-state index is 13.6. The summed E-state index contributed by atoms with van der Waals surface area (Å²) in [6.07, 6.45) is 6.05. The van der Waals surface area contributed by atoms with Gasteiger partial charge in [-0.15, -0.1) is 0 Å². The Morgan fingerprint density at radius 2 is 2.24 bits per heavy atom. The molecular formula is C13H14FN3. The van der Waals surface area contributed by atoms with Crippen molar-refractivity contribution in [3.05, 3.63) is 47.8 Å². The maximum absolute atomic E-state index is 13.6. The van der Waals surface area contributed by atoms with E-state index in [9.17, 15) is 4.39 Å². The van der Waals surface area contributed by atoms with Gasteiger partial charge in [0.05, 0.1) is 11.4 Å². The molecule has 1 aliphatic rings. The third-order valence-corrected chi connectivity index (χ3v) is 2.97. The molecule has 2 aromatic rings. The number of benzene rings is 1. The number of nitrogens with one attached hydrogen (secondary N) is 1. The molecule has 88 valence electrons. The highest BCUT2D eigenvalue weighted by atomic mass is 19.1. The molecule has 1 aromatic carbocycles. The van der Waals surface area contributed by atoms with E-state index in [1.54, 1.807) is 17.1 Å². The van der Waals surface area contributed by atoms with Crippen molar-refractivity contribution in [1.29, 1.82) is 0 Å². The van der Waals surface area contributed by atoms with Gasteiger partial charge in [0, 0.05) is 12.1 Å². The zero-order chi connectivity index (χ0) is 11.8. The predicted molar refractivity (Wildman–Crippen MR) is 64.4 cm³/mol. The lowest BCUT2D eigenvalue weighted by atomic mass is 10.2. The van der Waals surface area contributed by atoms with Crippen LogP contribution in [-0.2, 0) is 0 Å². The normalized spacial score (nSPS) is 14.9. The minimum absolute atomic E-state index is 0.244. The zero-order valence-corrected chi connectivity index (χ0v) is 9.65. The van der Waals surface area contributed by atoms with E-state index in [4.69, 9.17) is 0 Å². The van der Waals surface area contributed by atoms with Crippen LogP contribution in [0.5, 0.6) is 0 Å². The molecule has 3 nitrogen and oxygen atoms in total. The van der Waals surface area contributed by atoms with E-state index in [1.165, 1.54) is 18.9 Å². The van der Waals surface area contributed by atoms with Gasteiger partial charge in [-0.2, -0.15) is 0 Å². The Hall–Kier alpha value is -1.84. The van der Waals surface area contributed by atoms with Gasteiger partial charge in [-0.3, -0.25) is 10.1 Å². The molecule has 0 spiro atoms. The number of halogens is 1. The van der Waals surface area contributed by atoms with Crippen LogP contribution < -0.4 is 5.43 Å². The first-order valence-corrected chi connectivity index (χ1v) is 5.79. The van der Waals surface area contributed by atoms with Gasteiger partial charge < -0.3 is 0 Å². The second kappa shape index (κ2) is 3.87. The molecule has 1 saturated carbocycles. The second-order valence-corrected chi connectivity index (χ2v) is 4.58. The molecule has 0 atom stereocenters. The summed E-state index contributed by atoms with van der Waals surface area (Å²) in [7, 11) is 0. The topological polar surface area (TPSA) is 29.9 Å². The van der Waals surface area contributed by atoms with Gasteiger partial charge in [0.1, 0.15) is 12.1 Å². The van der Waals surface area contributed by atoms with Crippen molar-refractivity contribution in [2.45, 2.75) is 25.7 Å². The van der Waals surface area contributed by atoms with Crippen LogP contribution in [0, 0.1) is 12.7 Å². The Balaban J connectivity index is 1.80.